The van der Waals surface area contributed by atoms with Gasteiger partial charge in [-0.25, -0.2) is 0 Å². The first-order valence-electron chi connectivity index (χ1n) is 15.3. The van der Waals surface area contributed by atoms with Crippen LogP contribution in [-0.2, 0) is 5.66 Å². The number of aromatic nitrogens is 4. The van der Waals surface area contributed by atoms with Crippen molar-refractivity contribution in [3.8, 4) is 34.0 Å². The summed E-state index contributed by atoms with van der Waals surface area (Å²) in [6.07, 6.45) is 6.78. The van der Waals surface area contributed by atoms with Crippen LogP contribution in [0.1, 0.15) is 11.1 Å². The third kappa shape index (κ3) is 2.39. The van der Waals surface area contributed by atoms with Gasteiger partial charge in [0, 0.05) is 16.2 Å². The van der Waals surface area contributed by atoms with Crippen LogP contribution in [0.4, 0.5) is 0 Å². The van der Waals surface area contributed by atoms with Crippen molar-refractivity contribution in [2.24, 2.45) is 0 Å². The van der Waals surface area contributed by atoms with Crippen molar-refractivity contribution >= 4 is 43.9 Å². The van der Waals surface area contributed by atoms with E-state index in [0.29, 0.717) is 0 Å². The van der Waals surface area contributed by atoms with E-state index in [-0.39, 0.29) is 0 Å². The third-order valence-corrected chi connectivity index (χ3v) is 10.2. The van der Waals surface area contributed by atoms with Crippen molar-refractivity contribution in [2.75, 3.05) is 0 Å². The van der Waals surface area contributed by atoms with Crippen LogP contribution < -0.4 is 14.0 Å². The van der Waals surface area contributed by atoms with Crippen LogP contribution in [0.2, 0.25) is 0 Å². The molecule has 12 rings (SSSR count). The fourth-order valence-corrected chi connectivity index (χ4v) is 8.48. The van der Waals surface area contributed by atoms with Gasteiger partial charge >= 0.3 is 11.3 Å². The predicted octanol–water partition coefficient (Wildman–Crippen LogP) is 7.75. The second-order valence-electron chi connectivity index (χ2n) is 12.3. The van der Waals surface area contributed by atoms with Crippen LogP contribution in [0, 0.1) is 0 Å². The number of furan rings is 1. The number of benzene rings is 5. The molecule has 1 spiro atoms. The maximum atomic E-state index is 6.74. The molecule has 0 saturated carbocycles. The Morgan fingerprint density at radius 1 is 0.600 bits per heavy atom. The summed E-state index contributed by atoms with van der Waals surface area (Å²) < 4.78 is 22.6. The van der Waals surface area contributed by atoms with Gasteiger partial charge < -0.3 is 9.15 Å². The largest absolute Gasteiger partial charge is 0.456 e. The minimum atomic E-state index is -0.693. The van der Waals surface area contributed by atoms with Crippen LogP contribution in [0.25, 0.3) is 66.4 Å². The molecule has 5 aromatic carbocycles. The number of pyridine rings is 1. The number of ether oxygens (including phenoxy) is 1. The molecule has 3 aliphatic heterocycles. The van der Waals surface area contributed by atoms with E-state index in [9.17, 15) is 0 Å². The van der Waals surface area contributed by atoms with E-state index < -0.39 is 5.66 Å². The first-order valence-corrected chi connectivity index (χ1v) is 15.3. The Labute approximate surface area is 255 Å². The predicted molar refractivity (Wildman–Crippen MR) is 171 cm³/mol. The molecule has 0 bridgehead atoms. The van der Waals surface area contributed by atoms with Crippen LogP contribution in [0.15, 0.2) is 138 Å². The van der Waals surface area contributed by atoms with Gasteiger partial charge in [-0.15, -0.1) is 4.68 Å². The zero-order valence-corrected chi connectivity index (χ0v) is 23.8. The second kappa shape index (κ2) is 7.31. The standard InChI is InChI=1S/C39H22N4O2/c1-3-11-29-25(8-1)28-10-7-19-40-38(28)43(29)31-13-6-16-34-37(31)39(40)36-30(12-5-15-33(36)45-34)41-21-24(22-42(39)41)23-17-18-27-26-9-2-4-14-32(26)44-35(27)20-23/h1-22H/q+2. The Morgan fingerprint density at radius 3 is 2.27 bits per heavy atom. The molecule has 0 fully saturated rings. The second-order valence-corrected chi connectivity index (χ2v) is 12.3. The first kappa shape index (κ1) is 22.4. The lowest BCUT2D eigenvalue weighted by Crippen LogP contribution is -2.76. The van der Waals surface area contributed by atoms with Crippen LogP contribution in [0.3, 0.4) is 0 Å². The zero-order chi connectivity index (χ0) is 29.0. The van der Waals surface area contributed by atoms with Gasteiger partial charge in [0.2, 0.25) is 6.20 Å². The van der Waals surface area contributed by atoms with Gasteiger partial charge in [-0.1, -0.05) is 53.2 Å². The Kier molecular flexibility index (Phi) is 3.64. The molecular formula is C39H22N4O2+2. The smallest absolute Gasteiger partial charge is 0.397 e. The monoisotopic (exact) mass is 578 g/mol. The van der Waals surface area contributed by atoms with E-state index in [1.165, 1.54) is 21.9 Å². The van der Waals surface area contributed by atoms with Gasteiger partial charge in [0.05, 0.1) is 23.3 Å². The summed E-state index contributed by atoms with van der Waals surface area (Å²) in [5, 5.41) is 4.74. The maximum Gasteiger partial charge on any atom is 0.397 e. The molecule has 6 nitrogen and oxygen atoms in total. The summed E-state index contributed by atoms with van der Waals surface area (Å²) in [7, 11) is 0. The number of para-hydroxylation sites is 2. The minimum Gasteiger partial charge on any atom is -0.456 e. The normalized spacial score (nSPS) is 16.7. The number of rotatable bonds is 1. The number of hydrogen-bond donors (Lipinski definition) is 0. The fraction of sp³-hybridized carbons (Fsp3) is 0.0256. The van der Waals surface area contributed by atoms with Gasteiger partial charge in [0.1, 0.15) is 39.4 Å². The van der Waals surface area contributed by atoms with Gasteiger partial charge in [0.25, 0.3) is 0 Å². The molecular weight excluding hydrogens is 556 g/mol. The van der Waals surface area contributed by atoms with E-state index in [2.05, 4.69) is 140 Å². The lowest BCUT2D eigenvalue weighted by atomic mass is 9.84. The summed E-state index contributed by atoms with van der Waals surface area (Å²) in [5.41, 5.74) is 10.2. The molecule has 0 N–H and O–H groups in total. The molecule has 7 heterocycles. The van der Waals surface area contributed by atoms with Gasteiger partial charge in [-0.2, -0.15) is 9.13 Å². The fourth-order valence-electron chi connectivity index (χ4n) is 8.48. The molecule has 6 heteroatoms. The summed E-state index contributed by atoms with van der Waals surface area (Å²) in [4.78, 5) is 0. The highest BCUT2D eigenvalue weighted by Crippen LogP contribution is 2.54. The molecule has 0 amide bonds. The average molecular weight is 579 g/mol. The van der Waals surface area contributed by atoms with E-state index in [4.69, 9.17) is 9.15 Å². The summed E-state index contributed by atoms with van der Waals surface area (Å²) in [6.45, 7) is 0. The Balaban J connectivity index is 1.22. The minimum absolute atomic E-state index is 0.693. The SMILES string of the molecule is c1cc2c3c(c1)-n1c4ccccc4c4ccc[n+](c41)C31c3c(cccc3-n3cc(-c4ccc5c(c4)oc4ccccc45)c[n+]31)O2. The topological polar surface area (TPSA) is 40.0 Å². The molecule has 1 atom stereocenters. The van der Waals surface area contributed by atoms with E-state index in [0.717, 1.165) is 67.1 Å². The highest BCUT2D eigenvalue weighted by atomic mass is 16.5. The molecule has 1 unspecified atom stereocenters. The first-order chi connectivity index (χ1) is 22.3. The van der Waals surface area contributed by atoms with Crippen molar-refractivity contribution in [3.63, 3.8) is 0 Å². The molecule has 0 saturated heterocycles. The van der Waals surface area contributed by atoms with Crippen molar-refractivity contribution in [3.05, 3.63) is 145 Å². The molecule has 0 aliphatic carbocycles. The van der Waals surface area contributed by atoms with Crippen LogP contribution >= 0.6 is 0 Å². The van der Waals surface area contributed by atoms with Crippen LogP contribution in [-0.4, -0.2) is 9.25 Å². The number of nitrogens with zero attached hydrogens (tertiary/aromatic N) is 4. The van der Waals surface area contributed by atoms with Gasteiger partial charge in [-0.05, 0) is 72.3 Å². The zero-order valence-electron chi connectivity index (χ0n) is 23.8. The average Bonchev–Trinajstić information content (AvgIpc) is 3.83. The van der Waals surface area contributed by atoms with Crippen molar-refractivity contribution in [2.45, 2.75) is 5.66 Å². The molecule has 3 aliphatic rings. The quantitative estimate of drug-likeness (QED) is 0.187. The molecule has 45 heavy (non-hydrogen) atoms. The molecule has 0 radical (unpaired) electrons. The van der Waals surface area contributed by atoms with E-state index in [1.54, 1.807) is 0 Å². The van der Waals surface area contributed by atoms with Gasteiger partial charge in [0.15, 0.2) is 11.3 Å². The summed E-state index contributed by atoms with van der Waals surface area (Å²) in [5.74, 6) is 1.75. The van der Waals surface area contributed by atoms with Gasteiger partial charge in [-0.3, -0.25) is 0 Å². The highest BCUT2D eigenvalue weighted by Gasteiger charge is 2.68. The molecule has 9 aromatic rings. The van der Waals surface area contributed by atoms with Crippen molar-refractivity contribution in [1.29, 1.82) is 0 Å². The summed E-state index contributed by atoms with van der Waals surface area (Å²) in [6, 6.07) is 40.8. The molecule has 208 valence electrons. The Morgan fingerprint density at radius 2 is 1.36 bits per heavy atom. The number of fused-ring (bicyclic) bond motifs is 9. The van der Waals surface area contributed by atoms with Crippen molar-refractivity contribution in [1.82, 2.24) is 9.25 Å². The summed E-state index contributed by atoms with van der Waals surface area (Å²) >= 11 is 0. The van der Waals surface area contributed by atoms with Crippen LogP contribution in [0.5, 0.6) is 11.5 Å². The maximum absolute atomic E-state index is 6.74. The lowest BCUT2D eigenvalue weighted by Gasteiger charge is -2.32. The van der Waals surface area contributed by atoms with E-state index >= 15 is 0 Å². The Bertz CT molecular complexity index is 2820. The Hall–Kier alpha value is -6.14. The third-order valence-electron chi connectivity index (χ3n) is 10.2. The van der Waals surface area contributed by atoms with Crippen molar-refractivity contribution < 1.29 is 18.4 Å². The number of hydrogen-bond acceptors (Lipinski definition) is 2. The lowest BCUT2D eigenvalue weighted by molar-refractivity contribution is -0.987. The van der Waals surface area contributed by atoms with E-state index in [1.807, 2.05) is 12.1 Å². The highest BCUT2D eigenvalue weighted by molar-refractivity contribution is 6.08. The molecule has 4 aromatic heterocycles.